The molecule has 1 aliphatic rings. The number of aliphatic hydroxyl groups is 1. The topological polar surface area (TPSA) is 224 Å². The highest BCUT2D eigenvalue weighted by atomic mass is 31.2. The summed E-state index contributed by atoms with van der Waals surface area (Å²) in [6, 6.07) is 1.20. The van der Waals surface area contributed by atoms with Gasteiger partial charge in [0.15, 0.2) is 6.23 Å². The van der Waals surface area contributed by atoms with Gasteiger partial charge >= 0.3 is 21.3 Å². The van der Waals surface area contributed by atoms with E-state index in [1.165, 1.54) is 6.07 Å². The zero-order valence-electron chi connectivity index (χ0n) is 12.2. The van der Waals surface area contributed by atoms with E-state index in [9.17, 15) is 19.0 Å². The Morgan fingerprint density at radius 1 is 1.28 bits per heavy atom. The van der Waals surface area contributed by atoms with Crippen LogP contribution in [0.5, 0.6) is 0 Å². The second-order valence-corrected chi connectivity index (χ2v) is 7.38. The lowest BCUT2D eigenvalue weighted by Gasteiger charge is -2.20. The predicted molar refractivity (Wildman–Crippen MR) is 77.7 cm³/mol. The molecule has 1 aromatic heterocycles. The lowest BCUT2D eigenvalue weighted by atomic mass is 10.1. The summed E-state index contributed by atoms with van der Waals surface area (Å²) < 4.78 is 36.5. The molecule has 0 aliphatic carbocycles. The SMILES string of the molecule is Nc1ccn(C2OC(COP(=O)(O)O)C(OP(=O)(O)O)C2O)c(=O)n1. The average Bonchev–Trinajstić information content (AvgIpc) is 2.72. The van der Waals surface area contributed by atoms with Crippen molar-refractivity contribution in [2.75, 3.05) is 12.3 Å². The first-order valence-electron chi connectivity index (χ1n) is 6.49. The summed E-state index contributed by atoms with van der Waals surface area (Å²) in [5.41, 5.74) is 4.40. The molecule has 1 aromatic rings. The van der Waals surface area contributed by atoms with Crippen LogP contribution in [0.3, 0.4) is 0 Å². The molecule has 7 N–H and O–H groups in total. The fraction of sp³-hybridized carbons (Fsp3) is 0.556. The van der Waals surface area contributed by atoms with Crippen molar-refractivity contribution < 1.29 is 47.6 Å². The predicted octanol–water partition coefficient (Wildman–Crippen LogP) is -2.33. The Morgan fingerprint density at radius 3 is 2.44 bits per heavy atom. The van der Waals surface area contributed by atoms with E-state index in [1.807, 2.05) is 0 Å². The molecule has 4 atom stereocenters. The summed E-state index contributed by atoms with van der Waals surface area (Å²) in [4.78, 5) is 50.5. The molecule has 4 unspecified atom stereocenters. The Hall–Kier alpha value is -1.18. The van der Waals surface area contributed by atoms with Gasteiger partial charge in [-0.3, -0.25) is 13.6 Å². The number of anilines is 1. The number of phosphoric acid groups is 2. The Morgan fingerprint density at radius 2 is 1.92 bits per heavy atom. The van der Waals surface area contributed by atoms with Crippen LogP contribution in [-0.4, -0.2) is 59.2 Å². The van der Waals surface area contributed by atoms with Crippen molar-refractivity contribution in [2.24, 2.45) is 0 Å². The number of aliphatic hydroxyl groups excluding tert-OH is 1. The first-order valence-corrected chi connectivity index (χ1v) is 9.56. The first kappa shape index (κ1) is 20.1. The second kappa shape index (κ2) is 7.21. The number of nitrogens with two attached hydrogens (primary N) is 1. The molecule has 0 radical (unpaired) electrons. The van der Waals surface area contributed by atoms with Crippen molar-refractivity contribution >= 4 is 21.5 Å². The minimum Gasteiger partial charge on any atom is -0.386 e. The highest BCUT2D eigenvalue weighted by molar-refractivity contribution is 7.46. The summed E-state index contributed by atoms with van der Waals surface area (Å²) in [6.07, 6.45) is -5.45. The number of hydrogen-bond donors (Lipinski definition) is 6. The van der Waals surface area contributed by atoms with Crippen molar-refractivity contribution in [3.63, 3.8) is 0 Å². The number of nitrogens with zero attached hydrogens (tertiary/aromatic N) is 2. The molecular formula is C9H15N3O11P2. The van der Waals surface area contributed by atoms with Gasteiger partial charge in [0.05, 0.1) is 6.61 Å². The van der Waals surface area contributed by atoms with E-state index in [0.717, 1.165) is 10.8 Å². The van der Waals surface area contributed by atoms with Crippen LogP contribution in [0, 0.1) is 0 Å². The molecule has 1 fully saturated rings. The van der Waals surface area contributed by atoms with E-state index >= 15 is 0 Å². The zero-order chi connectivity index (χ0) is 19.0. The number of rotatable bonds is 6. The van der Waals surface area contributed by atoms with Crippen molar-refractivity contribution in [3.05, 3.63) is 22.7 Å². The van der Waals surface area contributed by atoms with Crippen molar-refractivity contribution in [1.82, 2.24) is 9.55 Å². The molecule has 2 heterocycles. The van der Waals surface area contributed by atoms with E-state index in [0.29, 0.717) is 0 Å². The van der Waals surface area contributed by atoms with Crippen LogP contribution < -0.4 is 11.4 Å². The van der Waals surface area contributed by atoms with Gasteiger partial charge in [0, 0.05) is 6.20 Å². The van der Waals surface area contributed by atoms with Crippen molar-refractivity contribution in [1.29, 1.82) is 0 Å². The maximum Gasteiger partial charge on any atom is 0.470 e. The fourth-order valence-electron chi connectivity index (χ4n) is 2.16. The summed E-state index contributed by atoms with van der Waals surface area (Å²) in [6.45, 7) is -0.875. The maximum atomic E-state index is 11.8. The Kier molecular flexibility index (Phi) is 5.81. The van der Waals surface area contributed by atoms with Gasteiger partial charge < -0.3 is 35.2 Å². The van der Waals surface area contributed by atoms with Gasteiger partial charge in [-0.25, -0.2) is 13.9 Å². The van der Waals surface area contributed by atoms with Gasteiger partial charge in [0.2, 0.25) is 0 Å². The third kappa shape index (κ3) is 5.39. The van der Waals surface area contributed by atoms with E-state index < -0.39 is 52.5 Å². The first-order chi connectivity index (χ1) is 11.4. The van der Waals surface area contributed by atoms with Crippen LogP contribution in [0.4, 0.5) is 5.82 Å². The molecule has 0 aromatic carbocycles. The zero-order valence-corrected chi connectivity index (χ0v) is 14.0. The third-order valence-corrected chi connectivity index (χ3v) is 4.10. The minimum atomic E-state index is -5.10. The number of ether oxygens (including phenoxy) is 1. The lowest BCUT2D eigenvalue weighted by Crippen LogP contribution is -2.37. The molecule has 25 heavy (non-hydrogen) atoms. The van der Waals surface area contributed by atoms with Crippen LogP contribution in [0.15, 0.2) is 17.1 Å². The largest absolute Gasteiger partial charge is 0.470 e. The molecule has 14 nitrogen and oxygen atoms in total. The van der Waals surface area contributed by atoms with Crippen molar-refractivity contribution in [2.45, 2.75) is 24.5 Å². The van der Waals surface area contributed by atoms with Crippen LogP contribution in [0.2, 0.25) is 0 Å². The summed E-state index contributed by atoms with van der Waals surface area (Å²) >= 11 is 0. The second-order valence-electron chi connectivity index (χ2n) is 4.94. The van der Waals surface area contributed by atoms with Crippen molar-refractivity contribution in [3.8, 4) is 0 Å². The van der Waals surface area contributed by atoms with E-state index in [-0.39, 0.29) is 5.82 Å². The van der Waals surface area contributed by atoms with Gasteiger partial charge in [-0.1, -0.05) is 0 Å². The number of aromatic nitrogens is 2. The fourth-order valence-corrected chi connectivity index (χ4v) is 3.08. The maximum absolute atomic E-state index is 11.8. The van der Waals surface area contributed by atoms with E-state index in [2.05, 4.69) is 14.0 Å². The monoisotopic (exact) mass is 403 g/mol. The molecule has 2 rings (SSSR count). The Labute approximate surface area is 139 Å². The van der Waals surface area contributed by atoms with Crippen LogP contribution in [0.25, 0.3) is 0 Å². The van der Waals surface area contributed by atoms with Gasteiger partial charge in [-0.15, -0.1) is 0 Å². The van der Waals surface area contributed by atoms with E-state index in [1.54, 1.807) is 0 Å². The molecule has 0 bridgehead atoms. The van der Waals surface area contributed by atoms with Gasteiger partial charge in [0.25, 0.3) is 0 Å². The van der Waals surface area contributed by atoms with Crippen LogP contribution >= 0.6 is 15.6 Å². The molecule has 16 heteroatoms. The van der Waals surface area contributed by atoms with Gasteiger partial charge in [-0.05, 0) is 6.07 Å². The third-order valence-electron chi connectivity index (χ3n) is 3.10. The molecule has 1 saturated heterocycles. The smallest absolute Gasteiger partial charge is 0.386 e. The summed E-state index contributed by atoms with van der Waals surface area (Å²) in [5, 5.41) is 10.2. The average molecular weight is 403 g/mol. The minimum absolute atomic E-state index is 0.113. The van der Waals surface area contributed by atoms with Gasteiger partial charge in [0.1, 0.15) is 24.1 Å². The Bertz CT molecular complexity index is 772. The van der Waals surface area contributed by atoms with E-state index in [4.69, 9.17) is 30.0 Å². The molecule has 1 aliphatic heterocycles. The highest BCUT2D eigenvalue weighted by Crippen LogP contribution is 2.45. The summed E-state index contributed by atoms with van der Waals surface area (Å²) in [5.74, 6) is -0.113. The molecular weight excluding hydrogens is 388 g/mol. The summed E-state index contributed by atoms with van der Waals surface area (Å²) in [7, 11) is -10.0. The highest BCUT2D eigenvalue weighted by Gasteiger charge is 2.49. The van der Waals surface area contributed by atoms with Crippen LogP contribution in [-0.2, 0) is 22.9 Å². The normalized spacial score (nSPS) is 27.6. The van der Waals surface area contributed by atoms with Gasteiger partial charge in [-0.2, -0.15) is 4.98 Å². The molecule has 0 amide bonds. The molecule has 0 spiro atoms. The quantitative estimate of drug-likeness (QED) is 0.274. The van der Waals surface area contributed by atoms with Crippen LogP contribution in [0.1, 0.15) is 6.23 Å². The number of phosphoric ester groups is 2. The number of hydrogen-bond acceptors (Lipinski definition) is 9. The molecule has 0 saturated carbocycles. The molecule has 142 valence electrons. The standard InChI is InChI=1S/C9H15N3O11P2/c10-5-1-2-12(9(14)11-5)8-6(13)7(23-25(18,19)20)4(22-8)3-21-24(15,16)17/h1-2,4,6-8,13H,3H2,(H2,10,11,14)(H2,15,16,17)(H2,18,19,20). The number of nitrogen functional groups attached to an aromatic ring is 1. The Balaban J connectivity index is 2.30. The lowest BCUT2D eigenvalue weighted by molar-refractivity contribution is -0.0540.